The van der Waals surface area contributed by atoms with E-state index < -0.39 is 0 Å². The topological polar surface area (TPSA) is 56.3 Å². The highest BCUT2D eigenvalue weighted by Crippen LogP contribution is 2.33. The van der Waals surface area contributed by atoms with Crippen LogP contribution in [0.5, 0.6) is 0 Å². The zero-order valence-corrected chi connectivity index (χ0v) is 11.2. The lowest BCUT2D eigenvalue weighted by molar-refractivity contribution is 0.236. The number of piperazine rings is 1. The Bertz CT molecular complexity index is 476. The number of hydrogen-bond donors (Lipinski definition) is 1. The molecule has 1 aromatic rings. The van der Waals surface area contributed by atoms with Gasteiger partial charge in [0.1, 0.15) is 0 Å². The van der Waals surface area contributed by atoms with Crippen molar-refractivity contribution in [3.05, 3.63) is 29.8 Å². The summed E-state index contributed by atoms with van der Waals surface area (Å²) >= 11 is 0. The lowest BCUT2D eigenvalue weighted by Crippen LogP contribution is -2.50. The molecule has 1 heterocycles. The van der Waals surface area contributed by atoms with E-state index in [0.717, 1.165) is 38.3 Å². The third kappa shape index (κ3) is 2.89. The minimum atomic E-state index is 0.122. The molecule has 3 rings (SSSR count). The molecule has 1 saturated heterocycles. The second kappa shape index (κ2) is 4.84. The van der Waals surface area contributed by atoms with Gasteiger partial charge >= 0.3 is 0 Å². The van der Waals surface area contributed by atoms with Gasteiger partial charge in [-0.3, -0.25) is 4.90 Å². The molecule has 0 radical (unpaired) electrons. The molecular weight excluding hydrogens is 236 g/mol. The van der Waals surface area contributed by atoms with E-state index in [-0.39, 0.29) is 5.54 Å². The Morgan fingerprint density at radius 3 is 2.26 bits per heavy atom. The molecule has 1 saturated carbocycles. The fourth-order valence-corrected chi connectivity index (χ4v) is 2.67. The van der Waals surface area contributed by atoms with Gasteiger partial charge in [-0.25, -0.2) is 0 Å². The Morgan fingerprint density at radius 2 is 1.74 bits per heavy atom. The molecule has 1 aliphatic heterocycles. The third-order valence-corrected chi connectivity index (χ3v) is 4.16. The SMILES string of the molecule is N#Cc1ccc(N2CCN(CC3(N)CC3)CC2)cc1. The maximum atomic E-state index is 8.81. The lowest BCUT2D eigenvalue weighted by Gasteiger charge is -2.37. The van der Waals surface area contributed by atoms with Gasteiger partial charge in [0.25, 0.3) is 0 Å². The molecule has 100 valence electrons. The predicted octanol–water partition coefficient (Wildman–Crippen LogP) is 1.17. The van der Waals surface area contributed by atoms with Crippen LogP contribution in [-0.4, -0.2) is 43.2 Å². The standard InChI is InChI=1S/C15H20N4/c16-11-13-1-3-14(4-2-13)19-9-7-18(8-10-19)12-15(17)5-6-15/h1-4H,5-10,12,17H2. The maximum absolute atomic E-state index is 8.81. The van der Waals surface area contributed by atoms with Crippen LogP contribution in [0.25, 0.3) is 0 Å². The number of hydrogen-bond acceptors (Lipinski definition) is 4. The van der Waals surface area contributed by atoms with E-state index >= 15 is 0 Å². The Labute approximate surface area is 114 Å². The number of nitriles is 1. The van der Waals surface area contributed by atoms with E-state index in [2.05, 4.69) is 15.9 Å². The molecule has 0 spiro atoms. The van der Waals surface area contributed by atoms with Crippen molar-refractivity contribution < 1.29 is 0 Å². The molecule has 19 heavy (non-hydrogen) atoms. The van der Waals surface area contributed by atoms with Crippen LogP contribution in [0, 0.1) is 11.3 Å². The molecule has 4 nitrogen and oxygen atoms in total. The van der Waals surface area contributed by atoms with Gasteiger partial charge in [-0.2, -0.15) is 5.26 Å². The molecular formula is C15H20N4. The zero-order chi connectivity index (χ0) is 13.3. The van der Waals surface area contributed by atoms with Gasteiger partial charge < -0.3 is 10.6 Å². The Balaban J connectivity index is 1.55. The van der Waals surface area contributed by atoms with Crippen LogP contribution in [0.2, 0.25) is 0 Å². The predicted molar refractivity (Wildman–Crippen MR) is 76.0 cm³/mol. The van der Waals surface area contributed by atoms with Crippen LogP contribution in [-0.2, 0) is 0 Å². The minimum Gasteiger partial charge on any atom is -0.369 e. The van der Waals surface area contributed by atoms with E-state index in [1.807, 2.05) is 24.3 Å². The molecule has 0 bridgehead atoms. The Kier molecular flexibility index (Phi) is 3.17. The smallest absolute Gasteiger partial charge is 0.0991 e. The van der Waals surface area contributed by atoms with Crippen molar-refractivity contribution in [1.29, 1.82) is 5.26 Å². The summed E-state index contributed by atoms with van der Waals surface area (Å²) in [6, 6.07) is 10.0. The average Bonchev–Trinajstić information content (AvgIpc) is 3.17. The van der Waals surface area contributed by atoms with Gasteiger partial charge in [-0.1, -0.05) is 0 Å². The van der Waals surface area contributed by atoms with Gasteiger partial charge in [0.15, 0.2) is 0 Å². The van der Waals surface area contributed by atoms with Crippen LogP contribution in [0.15, 0.2) is 24.3 Å². The first-order chi connectivity index (χ1) is 9.18. The summed E-state index contributed by atoms with van der Waals surface area (Å²) in [4.78, 5) is 4.86. The summed E-state index contributed by atoms with van der Waals surface area (Å²) in [7, 11) is 0. The molecule has 0 aromatic heterocycles. The summed E-state index contributed by atoms with van der Waals surface area (Å²) in [6.07, 6.45) is 2.37. The van der Waals surface area contributed by atoms with Crippen molar-refractivity contribution in [3.63, 3.8) is 0 Å². The Hall–Kier alpha value is -1.57. The molecule has 0 amide bonds. The van der Waals surface area contributed by atoms with Gasteiger partial charge in [-0.05, 0) is 37.1 Å². The Morgan fingerprint density at radius 1 is 1.11 bits per heavy atom. The average molecular weight is 256 g/mol. The number of nitrogens with zero attached hydrogens (tertiary/aromatic N) is 3. The highest BCUT2D eigenvalue weighted by atomic mass is 15.3. The van der Waals surface area contributed by atoms with Crippen LogP contribution in [0.4, 0.5) is 5.69 Å². The fraction of sp³-hybridized carbons (Fsp3) is 0.533. The van der Waals surface area contributed by atoms with Crippen molar-refractivity contribution in [2.24, 2.45) is 5.73 Å². The van der Waals surface area contributed by atoms with E-state index in [4.69, 9.17) is 11.0 Å². The van der Waals surface area contributed by atoms with Crippen molar-refractivity contribution in [2.45, 2.75) is 18.4 Å². The van der Waals surface area contributed by atoms with Gasteiger partial charge in [0, 0.05) is 44.0 Å². The summed E-state index contributed by atoms with van der Waals surface area (Å²) in [5.41, 5.74) is 8.23. The van der Waals surface area contributed by atoms with Crippen LogP contribution >= 0.6 is 0 Å². The first-order valence-electron chi connectivity index (χ1n) is 6.95. The molecule has 2 N–H and O–H groups in total. The van der Waals surface area contributed by atoms with E-state index in [1.54, 1.807) is 0 Å². The van der Waals surface area contributed by atoms with E-state index in [9.17, 15) is 0 Å². The van der Waals surface area contributed by atoms with Crippen LogP contribution in [0.3, 0.4) is 0 Å². The maximum Gasteiger partial charge on any atom is 0.0991 e. The number of benzene rings is 1. The van der Waals surface area contributed by atoms with Gasteiger partial charge in [-0.15, -0.1) is 0 Å². The van der Waals surface area contributed by atoms with Crippen molar-refractivity contribution in [2.75, 3.05) is 37.6 Å². The monoisotopic (exact) mass is 256 g/mol. The quantitative estimate of drug-likeness (QED) is 0.882. The fourth-order valence-electron chi connectivity index (χ4n) is 2.67. The second-order valence-corrected chi connectivity index (χ2v) is 5.78. The van der Waals surface area contributed by atoms with Crippen molar-refractivity contribution >= 4 is 5.69 Å². The largest absolute Gasteiger partial charge is 0.369 e. The van der Waals surface area contributed by atoms with E-state index in [1.165, 1.54) is 18.5 Å². The van der Waals surface area contributed by atoms with Crippen LogP contribution in [0.1, 0.15) is 18.4 Å². The number of nitrogens with two attached hydrogens (primary N) is 1. The van der Waals surface area contributed by atoms with E-state index in [0.29, 0.717) is 0 Å². The van der Waals surface area contributed by atoms with Crippen LogP contribution < -0.4 is 10.6 Å². The minimum absolute atomic E-state index is 0.122. The number of rotatable bonds is 3. The number of anilines is 1. The summed E-state index contributed by atoms with van der Waals surface area (Å²) < 4.78 is 0. The first kappa shape index (κ1) is 12.5. The van der Waals surface area contributed by atoms with Crippen molar-refractivity contribution in [1.82, 2.24) is 4.90 Å². The summed E-state index contributed by atoms with van der Waals surface area (Å²) in [5, 5.41) is 8.81. The summed E-state index contributed by atoms with van der Waals surface area (Å²) in [5.74, 6) is 0. The first-order valence-corrected chi connectivity index (χ1v) is 6.95. The normalized spacial score (nSPS) is 22.0. The van der Waals surface area contributed by atoms with Gasteiger partial charge in [0.2, 0.25) is 0 Å². The lowest BCUT2D eigenvalue weighted by atomic mass is 10.2. The third-order valence-electron chi connectivity index (χ3n) is 4.16. The molecule has 1 aromatic carbocycles. The second-order valence-electron chi connectivity index (χ2n) is 5.78. The van der Waals surface area contributed by atoms with Gasteiger partial charge in [0.05, 0.1) is 11.6 Å². The molecule has 0 unspecified atom stereocenters. The zero-order valence-electron chi connectivity index (χ0n) is 11.2. The highest BCUT2D eigenvalue weighted by molar-refractivity contribution is 5.50. The molecule has 2 aliphatic rings. The summed E-state index contributed by atoms with van der Waals surface area (Å²) in [6.45, 7) is 5.30. The van der Waals surface area contributed by atoms with Crippen molar-refractivity contribution in [3.8, 4) is 6.07 Å². The molecule has 4 heteroatoms. The molecule has 0 atom stereocenters. The highest BCUT2D eigenvalue weighted by Gasteiger charge is 2.40. The molecule has 2 fully saturated rings. The molecule has 1 aliphatic carbocycles.